The number of rotatable bonds is 5. The molecule has 0 radical (unpaired) electrons. The number of H-pyrrole nitrogens is 1. The topological polar surface area (TPSA) is 54.1 Å². The Balaban J connectivity index is 2.14. The number of carbonyl (C=O) groups excluding carboxylic acids is 1. The number of nitrogens with one attached hydrogen (secondary N) is 2. The van der Waals surface area contributed by atoms with Crippen LogP contribution in [0.2, 0.25) is 5.02 Å². The van der Waals surface area contributed by atoms with Crippen LogP contribution in [0.1, 0.15) is 19.4 Å². The SMILES string of the molecule is COC(=O)[C@@H](NCc1c[nH]c2cc(Cl)ccc12)C(C)C. The van der Waals surface area contributed by atoms with Gasteiger partial charge in [0.05, 0.1) is 7.11 Å². The molecule has 0 aliphatic carbocycles. The van der Waals surface area contributed by atoms with E-state index in [4.69, 9.17) is 16.3 Å². The average Bonchev–Trinajstić information content (AvgIpc) is 2.80. The average molecular weight is 295 g/mol. The van der Waals surface area contributed by atoms with Crippen molar-refractivity contribution in [3.63, 3.8) is 0 Å². The maximum absolute atomic E-state index is 11.7. The van der Waals surface area contributed by atoms with E-state index in [-0.39, 0.29) is 17.9 Å². The minimum absolute atomic E-state index is 0.169. The minimum Gasteiger partial charge on any atom is -0.468 e. The summed E-state index contributed by atoms with van der Waals surface area (Å²) in [5.41, 5.74) is 2.10. The summed E-state index contributed by atoms with van der Waals surface area (Å²) in [5.74, 6) is -0.0648. The van der Waals surface area contributed by atoms with Crippen LogP contribution in [0.15, 0.2) is 24.4 Å². The molecule has 5 heteroatoms. The number of ether oxygens (including phenoxy) is 1. The van der Waals surface area contributed by atoms with Crippen molar-refractivity contribution < 1.29 is 9.53 Å². The minimum atomic E-state index is -0.308. The van der Waals surface area contributed by atoms with Crippen molar-refractivity contribution in [2.75, 3.05) is 7.11 Å². The van der Waals surface area contributed by atoms with Gasteiger partial charge in [0.15, 0.2) is 0 Å². The number of hydrogen-bond donors (Lipinski definition) is 2. The Morgan fingerprint density at radius 1 is 1.45 bits per heavy atom. The van der Waals surface area contributed by atoms with E-state index in [0.717, 1.165) is 16.5 Å². The van der Waals surface area contributed by atoms with Crippen molar-refractivity contribution in [3.8, 4) is 0 Å². The van der Waals surface area contributed by atoms with Crippen LogP contribution in [-0.2, 0) is 16.1 Å². The van der Waals surface area contributed by atoms with E-state index in [1.165, 1.54) is 7.11 Å². The standard InChI is InChI=1S/C15H19ClN2O2/c1-9(2)14(15(19)20-3)18-8-10-7-17-13-6-11(16)4-5-12(10)13/h4-7,9,14,17-18H,8H2,1-3H3/t14-/m0/s1. The molecule has 2 aromatic rings. The molecule has 0 spiro atoms. The van der Waals surface area contributed by atoms with Gasteiger partial charge in [-0.2, -0.15) is 0 Å². The monoisotopic (exact) mass is 294 g/mol. The van der Waals surface area contributed by atoms with Crippen LogP contribution in [0.25, 0.3) is 10.9 Å². The van der Waals surface area contributed by atoms with Crippen molar-refractivity contribution in [3.05, 3.63) is 35.0 Å². The first-order chi connectivity index (χ1) is 9.52. The van der Waals surface area contributed by atoms with Crippen LogP contribution in [0.5, 0.6) is 0 Å². The first kappa shape index (κ1) is 14.9. The van der Waals surface area contributed by atoms with Gasteiger partial charge in [0.1, 0.15) is 6.04 Å². The van der Waals surface area contributed by atoms with Gasteiger partial charge in [0.25, 0.3) is 0 Å². The van der Waals surface area contributed by atoms with Crippen LogP contribution in [0.3, 0.4) is 0 Å². The number of halogens is 1. The molecule has 1 aromatic heterocycles. The fourth-order valence-corrected chi connectivity index (χ4v) is 2.41. The molecule has 1 heterocycles. The molecule has 1 atom stereocenters. The number of hydrogen-bond acceptors (Lipinski definition) is 3. The summed E-state index contributed by atoms with van der Waals surface area (Å²) in [5, 5.41) is 5.06. The lowest BCUT2D eigenvalue weighted by molar-refractivity contribution is -0.144. The fourth-order valence-electron chi connectivity index (χ4n) is 2.24. The molecular formula is C15H19ClN2O2. The fraction of sp³-hybridized carbons (Fsp3) is 0.400. The molecular weight excluding hydrogens is 276 g/mol. The van der Waals surface area contributed by atoms with Gasteiger partial charge in [0.2, 0.25) is 0 Å². The quantitative estimate of drug-likeness (QED) is 0.833. The summed E-state index contributed by atoms with van der Waals surface area (Å²) >= 11 is 5.96. The summed E-state index contributed by atoms with van der Waals surface area (Å²) in [6.45, 7) is 4.58. The molecule has 0 amide bonds. The lowest BCUT2D eigenvalue weighted by Gasteiger charge is -2.19. The number of fused-ring (bicyclic) bond motifs is 1. The highest BCUT2D eigenvalue weighted by Gasteiger charge is 2.22. The molecule has 20 heavy (non-hydrogen) atoms. The van der Waals surface area contributed by atoms with Crippen molar-refractivity contribution in [2.24, 2.45) is 5.92 Å². The van der Waals surface area contributed by atoms with Crippen LogP contribution in [0.4, 0.5) is 0 Å². The van der Waals surface area contributed by atoms with Crippen molar-refractivity contribution in [1.82, 2.24) is 10.3 Å². The molecule has 4 nitrogen and oxygen atoms in total. The van der Waals surface area contributed by atoms with Gasteiger partial charge >= 0.3 is 5.97 Å². The Morgan fingerprint density at radius 2 is 2.20 bits per heavy atom. The molecule has 0 fully saturated rings. The van der Waals surface area contributed by atoms with E-state index in [2.05, 4.69) is 10.3 Å². The van der Waals surface area contributed by atoms with Crippen LogP contribution >= 0.6 is 11.6 Å². The lowest BCUT2D eigenvalue weighted by atomic mass is 10.0. The molecule has 0 aliphatic rings. The number of benzene rings is 1. The van der Waals surface area contributed by atoms with E-state index in [1.807, 2.05) is 38.2 Å². The Hall–Kier alpha value is -1.52. The Labute approximate surface area is 123 Å². The molecule has 0 aliphatic heterocycles. The van der Waals surface area contributed by atoms with E-state index < -0.39 is 0 Å². The smallest absolute Gasteiger partial charge is 0.323 e. The van der Waals surface area contributed by atoms with E-state index >= 15 is 0 Å². The zero-order valence-electron chi connectivity index (χ0n) is 11.9. The van der Waals surface area contributed by atoms with Gasteiger partial charge < -0.3 is 9.72 Å². The molecule has 2 N–H and O–H groups in total. The second-order valence-electron chi connectivity index (χ2n) is 5.13. The molecule has 0 saturated heterocycles. The largest absolute Gasteiger partial charge is 0.468 e. The molecule has 0 bridgehead atoms. The van der Waals surface area contributed by atoms with E-state index in [0.29, 0.717) is 11.6 Å². The summed E-state index contributed by atoms with van der Waals surface area (Å²) in [4.78, 5) is 14.9. The van der Waals surface area contributed by atoms with Gasteiger partial charge in [0, 0.05) is 28.7 Å². The Kier molecular flexibility index (Phi) is 4.68. The van der Waals surface area contributed by atoms with Gasteiger partial charge in [-0.25, -0.2) is 0 Å². The summed E-state index contributed by atoms with van der Waals surface area (Å²) in [7, 11) is 1.41. The van der Waals surface area contributed by atoms with E-state index in [9.17, 15) is 4.79 Å². The maximum Gasteiger partial charge on any atom is 0.323 e. The summed E-state index contributed by atoms with van der Waals surface area (Å²) < 4.78 is 4.82. The van der Waals surface area contributed by atoms with Gasteiger partial charge in [-0.3, -0.25) is 10.1 Å². The summed E-state index contributed by atoms with van der Waals surface area (Å²) in [6.07, 6.45) is 1.93. The van der Waals surface area contributed by atoms with Gasteiger partial charge in [-0.1, -0.05) is 31.5 Å². The lowest BCUT2D eigenvalue weighted by Crippen LogP contribution is -2.41. The van der Waals surface area contributed by atoms with Gasteiger partial charge in [-0.05, 0) is 23.6 Å². The molecule has 1 aromatic carbocycles. The second-order valence-corrected chi connectivity index (χ2v) is 5.57. The Bertz CT molecular complexity index is 607. The Morgan fingerprint density at radius 3 is 2.85 bits per heavy atom. The van der Waals surface area contributed by atoms with Crippen LogP contribution in [-0.4, -0.2) is 24.1 Å². The normalized spacial score (nSPS) is 12.8. The second kappa shape index (κ2) is 6.29. The van der Waals surface area contributed by atoms with Crippen LogP contribution in [0, 0.1) is 5.92 Å². The third kappa shape index (κ3) is 3.14. The highest BCUT2D eigenvalue weighted by Crippen LogP contribution is 2.22. The van der Waals surface area contributed by atoms with Crippen molar-refractivity contribution in [2.45, 2.75) is 26.4 Å². The highest BCUT2D eigenvalue weighted by molar-refractivity contribution is 6.31. The van der Waals surface area contributed by atoms with Gasteiger partial charge in [-0.15, -0.1) is 0 Å². The molecule has 0 unspecified atom stereocenters. The van der Waals surface area contributed by atoms with Crippen molar-refractivity contribution in [1.29, 1.82) is 0 Å². The maximum atomic E-state index is 11.7. The first-order valence-electron chi connectivity index (χ1n) is 6.59. The number of aromatic amines is 1. The number of aromatic nitrogens is 1. The van der Waals surface area contributed by atoms with Crippen molar-refractivity contribution >= 4 is 28.5 Å². The first-order valence-corrected chi connectivity index (χ1v) is 6.97. The third-order valence-corrected chi connectivity index (χ3v) is 3.60. The van der Waals surface area contributed by atoms with Crippen LogP contribution < -0.4 is 5.32 Å². The molecule has 108 valence electrons. The zero-order chi connectivity index (χ0) is 14.7. The third-order valence-electron chi connectivity index (χ3n) is 3.36. The predicted octanol–water partition coefficient (Wildman–Crippen LogP) is 3.11. The number of methoxy groups -OCH3 is 1. The summed E-state index contributed by atoms with van der Waals surface area (Å²) in [6, 6.07) is 5.42. The number of carbonyl (C=O) groups is 1. The predicted molar refractivity (Wildman–Crippen MR) is 80.8 cm³/mol. The highest BCUT2D eigenvalue weighted by atomic mass is 35.5. The number of esters is 1. The molecule has 0 saturated carbocycles. The zero-order valence-corrected chi connectivity index (χ0v) is 12.6. The van der Waals surface area contributed by atoms with E-state index in [1.54, 1.807) is 0 Å². The molecule has 2 rings (SSSR count).